The Morgan fingerprint density at radius 2 is 1.69 bits per heavy atom. The Kier molecular flexibility index (Phi) is 5.60. The van der Waals surface area contributed by atoms with Crippen molar-refractivity contribution in [1.82, 2.24) is 4.90 Å². The predicted molar refractivity (Wildman–Crippen MR) is 68.0 cm³/mol. The number of alkyl halides is 1. The van der Waals surface area contributed by atoms with Crippen LogP contribution < -0.4 is 0 Å². The van der Waals surface area contributed by atoms with Crippen molar-refractivity contribution in [3.05, 3.63) is 0 Å². The van der Waals surface area contributed by atoms with E-state index < -0.39 is 5.60 Å². The molecule has 0 bridgehead atoms. The van der Waals surface area contributed by atoms with Crippen LogP contribution in [-0.4, -0.2) is 34.6 Å². The third-order valence-corrected chi connectivity index (χ3v) is 2.21. The van der Waals surface area contributed by atoms with Gasteiger partial charge < -0.3 is 9.64 Å². The fraction of sp³-hybridized carbons (Fsp3) is 0.917. The highest BCUT2D eigenvalue weighted by molar-refractivity contribution is 6.17. The van der Waals surface area contributed by atoms with Gasteiger partial charge in [0.25, 0.3) is 0 Å². The molecule has 0 spiro atoms. The highest BCUT2D eigenvalue weighted by Crippen LogP contribution is 2.18. The van der Waals surface area contributed by atoms with Crippen LogP contribution in [0.4, 0.5) is 4.79 Å². The van der Waals surface area contributed by atoms with Crippen molar-refractivity contribution in [3.63, 3.8) is 0 Å². The number of ether oxygens (including phenoxy) is 1. The van der Waals surface area contributed by atoms with E-state index in [0.29, 0.717) is 12.4 Å². The van der Waals surface area contributed by atoms with Gasteiger partial charge in [-0.2, -0.15) is 0 Å². The number of amides is 1. The molecular formula is C12H24ClNO2. The molecule has 4 heteroatoms. The normalized spacial score (nSPS) is 12.4. The Hall–Kier alpha value is -0.440. The van der Waals surface area contributed by atoms with Crippen molar-refractivity contribution in [2.24, 2.45) is 0 Å². The van der Waals surface area contributed by atoms with Crippen LogP contribution in [0.3, 0.4) is 0 Å². The van der Waals surface area contributed by atoms with Crippen molar-refractivity contribution in [3.8, 4) is 0 Å². The van der Waals surface area contributed by atoms with Crippen molar-refractivity contribution in [2.75, 3.05) is 12.4 Å². The Balaban J connectivity index is 4.58. The molecule has 96 valence electrons. The molecule has 0 heterocycles. The van der Waals surface area contributed by atoms with Crippen LogP contribution in [0.1, 0.15) is 48.0 Å². The van der Waals surface area contributed by atoms with E-state index in [2.05, 4.69) is 0 Å². The summed E-state index contributed by atoms with van der Waals surface area (Å²) in [6.07, 6.45) is 0.503. The summed E-state index contributed by atoms with van der Waals surface area (Å²) in [7, 11) is 0. The zero-order chi connectivity index (χ0) is 13.0. The molecule has 16 heavy (non-hydrogen) atoms. The van der Waals surface area contributed by atoms with E-state index in [9.17, 15) is 4.79 Å². The van der Waals surface area contributed by atoms with Crippen LogP contribution in [-0.2, 0) is 4.74 Å². The monoisotopic (exact) mass is 249 g/mol. The first-order valence-corrected chi connectivity index (χ1v) is 6.18. The molecule has 0 atom stereocenters. The second kappa shape index (κ2) is 5.76. The summed E-state index contributed by atoms with van der Waals surface area (Å²) in [6, 6.07) is 0. The van der Waals surface area contributed by atoms with Gasteiger partial charge in [0.15, 0.2) is 0 Å². The maximum absolute atomic E-state index is 12.0. The van der Waals surface area contributed by atoms with E-state index in [4.69, 9.17) is 16.3 Å². The van der Waals surface area contributed by atoms with Gasteiger partial charge in [-0.3, -0.25) is 0 Å². The fourth-order valence-corrected chi connectivity index (χ4v) is 1.35. The van der Waals surface area contributed by atoms with Crippen molar-refractivity contribution in [1.29, 1.82) is 0 Å². The lowest BCUT2D eigenvalue weighted by molar-refractivity contribution is 0.00641. The second-order valence-corrected chi connectivity index (χ2v) is 6.22. The van der Waals surface area contributed by atoms with Crippen molar-refractivity contribution in [2.45, 2.75) is 59.1 Å². The maximum atomic E-state index is 12.0. The lowest BCUT2D eigenvalue weighted by Crippen LogP contribution is -2.48. The second-order valence-electron chi connectivity index (χ2n) is 5.85. The molecule has 1 amide bonds. The first-order chi connectivity index (χ1) is 7.08. The van der Waals surface area contributed by atoms with Gasteiger partial charge in [0.2, 0.25) is 0 Å². The van der Waals surface area contributed by atoms with E-state index in [1.807, 2.05) is 41.5 Å². The van der Waals surface area contributed by atoms with Gasteiger partial charge in [0.1, 0.15) is 5.60 Å². The number of halogens is 1. The minimum absolute atomic E-state index is 0.242. The third kappa shape index (κ3) is 6.21. The van der Waals surface area contributed by atoms with Gasteiger partial charge in [-0.15, -0.1) is 11.6 Å². The van der Waals surface area contributed by atoms with Crippen LogP contribution in [0.2, 0.25) is 0 Å². The van der Waals surface area contributed by atoms with Gasteiger partial charge in [0.05, 0.1) is 0 Å². The van der Waals surface area contributed by atoms with Crippen LogP contribution >= 0.6 is 11.6 Å². The molecule has 0 saturated heterocycles. The van der Waals surface area contributed by atoms with E-state index in [1.54, 1.807) is 4.90 Å². The van der Waals surface area contributed by atoms with E-state index in [0.717, 1.165) is 6.42 Å². The quantitative estimate of drug-likeness (QED) is 0.715. The lowest BCUT2D eigenvalue weighted by atomic mass is 10.1. The predicted octanol–water partition coefficient (Wildman–Crippen LogP) is 3.65. The molecule has 3 nitrogen and oxygen atoms in total. The molecule has 0 unspecified atom stereocenters. The number of rotatable bonds is 3. The molecule has 0 saturated carbocycles. The van der Waals surface area contributed by atoms with Crippen molar-refractivity contribution >= 4 is 17.7 Å². The number of hydrogen-bond acceptors (Lipinski definition) is 2. The third-order valence-electron chi connectivity index (χ3n) is 1.94. The number of carbonyl (C=O) groups is 1. The number of hydrogen-bond donors (Lipinski definition) is 0. The minimum atomic E-state index is -0.457. The average Bonchev–Trinajstić information content (AvgIpc) is 1.98. The molecule has 0 fully saturated rings. The van der Waals surface area contributed by atoms with Crippen LogP contribution in [0, 0.1) is 0 Å². The Bertz CT molecular complexity index is 228. The van der Waals surface area contributed by atoms with Crippen LogP contribution in [0.25, 0.3) is 0 Å². The number of nitrogens with zero attached hydrogens (tertiary/aromatic N) is 1. The van der Waals surface area contributed by atoms with E-state index in [1.165, 1.54) is 0 Å². The Morgan fingerprint density at radius 1 is 1.19 bits per heavy atom. The maximum Gasteiger partial charge on any atom is 0.410 e. The van der Waals surface area contributed by atoms with Gasteiger partial charge in [0, 0.05) is 18.0 Å². The first kappa shape index (κ1) is 15.6. The highest BCUT2D eigenvalue weighted by Gasteiger charge is 2.29. The average molecular weight is 250 g/mol. The molecule has 0 aromatic rings. The Labute approximate surface area is 104 Å². The fourth-order valence-electron chi connectivity index (χ4n) is 1.24. The molecule has 0 N–H and O–H groups in total. The molecule has 0 rings (SSSR count). The van der Waals surface area contributed by atoms with Crippen LogP contribution in [0.15, 0.2) is 0 Å². The zero-order valence-electron chi connectivity index (χ0n) is 11.3. The summed E-state index contributed by atoms with van der Waals surface area (Å²) in [6.45, 7) is 12.2. The molecule has 0 aromatic heterocycles. The smallest absolute Gasteiger partial charge is 0.410 e. The van der Waals surface area contributed by atoms with Gasteiger partial charge in [-0.05, 0) is 48.0 Å². The summed E-state index contributed by atoms with van der Waals surface area (Å²) in [5.74, 6) is 0.551. The van der Waals surface area contributed by atoms with E-state index >= 15 is 0 Å². The lowest BCUT2D eigenvalue weighted by Gasteiger charge is -2.36. The number of carbonyl (C=O) groups excluding carboxylic acids is 1. The van der Waals surface area contributed by atoms with Crippen molar-refractivity contribution < 1.29 is 9.53 Å². The highest BCUT2D eigenvalue weighted by atomic mass is 35.5. The standard InChI is InChI=1S/C12H24ClNO2/c1-11(2,3)14(9-7-8-13)10(15)16-12(4,5)6/h7-9H2,1-6H3. The summed E-state index contributed by atoms with van der Waals surface area (Å²) < 4.78 is 5.37. The summed E-state index contributed by atoms with van der Waals surface area (Å²) in [5, 5.41) is 0. The SMILES string of the molecule is CC(C)(C)OC(=O)N(CCCCl)C(C)(C)C. The Morgan fingerprint density at radius 3 is 2.00 bits per heavy atom. The van der Waals surface area contributed by atoms with Gasteiger partial charge >= 0.3 is 6.09 Å². The van der Waals surface area contributed by atoms with Gasteiger partial charge in [-0.25, -0.2) is 4.79 Å². The largest absolute Gasteiger partial charge is 0.444 e. The zero-order valence-corrected chi connectivity index (χ0v) is 12.0. The summed E-state index contributed by atoms with van der Waals surface area (Å²) >= 11 is 5.65. The van der Waals surface area contributed by atoms with Crippen LogP contribution in [0.5, 0.6) is 0 Å². The van der Waals surface area contributed by atoms with E-state index in [-0.39, 0.29) is 11.6 Å². The van der Waals surface area contributed by atoms with Gasteiger partial charge in [-0.1, -0.05) is 0 Å². The minimum Gasteiger partial charge on any atom is -0.444 e. The topological polar surface area (TPSA) is 29.5 Å². The first-order valence-electron chi connectivity index (χ1n) is 5.64. The molecule has 0 aromatic carbocycles. The molecule has 0 aliphatic heterocycles. The summed E-state index contributed by atoms with van der Waals surface area (Å²) in [5.41, 5.74) is -0.698. The molecule has 0 radical (unpaired) electrons. The molecule has 0 aliphatic rings. The molecular weight excluding hydrogens is 226 g/mol. The molecule has 0 aliphatic carbocycles. The summed E-state index contributed by atoms with van der Waals surface area (Å²) in [4.78, 5) is 13.7.